The van der Waals surface area contributed by atoms with Gasteiger partial charge in [-0.1, -0.05) is 42.0 Å². The van der Waals surface area contributed by atoms with Gasteiger partial charge in [0.15, 0.2) is 0 Å². The van der Waals surface area contributed by atoms with Gasteiger partial charge in [-0.3, -0.25) is 0 Å². The zero-order valence-electron chi connectivity index (χ0n) is 16.1. The van der Waals surface area contributed by atoms with Gasteiger partial charge in [-0.05, 0) is 55.4 Å². The number of hydrogen-bond donors (Lipinski definition) is 1. The van der Waals surface area contributed by atoms with E-state index in [0.717, 1.165) is 49.3 Å². The van der Waals surface area contributed by atoms with Crippen LogP contribution in [0.15, 0.2) is 54.9 Å². The second kappa shape index (κ2) is 7.97. The van der Waals surface area contributed by atoms with Gasteiger partial charge in [-0.25, -0.2) is 14.4 Å². The summed E-state index contributed by atoms with van der Waals surface area (Å²) in [6.45, 7) is 3.98. The van der Waals surface area contributed by atoms with Crippen LogP contribution in [0.5, 0.6) is 0 Å². The maximum atomic E-state index is 13.3. The smallest absolute Gasteiger partial charge is 0.142 e. The highest BCUT2D eigenvalue weighted by atomic mass is 19.1. The predicted molar refractivity (Wildman–Crippen MR) is 112 cm³/mol. The highest BCUT2D eigenvalue weighted by molar-refractivity contribution is 5.84. The van der Waals surface area contributed by atoms with Crippen molar-refractivity contribution in [3.05, 3.63) is 71.8 Å². The van der Waals surface area contributed by atoms with Crippen LogP contribution < -0.4 is 10.6 Å². The van der Waals surface area contributed by atoms with E-state index in [-0.39, 0.29) is 5.82 Å². The average Bonchev–Trinajstić information content (AvgIpc) is 2.71. The summed E-state index contributed by atoms with van der Waals surface area (Å²) < 4.78 is 13.3. The Balaban J connectivity index is 1.49. The Hall–Kier alpha value is -2.95. The lowest BCUT2D eigenvalue weighted by atomic mass is 9.89. The average molecular weight is 376 g/mol. The van der Waals surface area contributed by atoms with Gasteiger partial charge in [0.05, 0.1) is 5.56 Å². The second-order valence-corrected chi connectivity index (χ2v) is 7.58. The molecule has 0 amide bonds. The number of benzene rings is 2. The molecule has 1 aromatic heterocycles. The van der Waals surface area contributed by atoms with Crippen LogP contribution in [0.4, 0.5) is 16.0 Å². The largest absolute Gasteiger partial charge is 0.383 e. The van der Waals surface area contributed by atoms with Crippen LogP contribution in [0, 0.1) is 18.7 Å². The molecule has 0 saturated carbocycles. The molecule has 4 rings (SSSR count). The first-order valence-electron chi connectivity index (χ1n) is 9.77. The number of nitrogen functional groups attached to an aromatic ring is 1. The number of anilines is 2. The topological polar surface area (TPSA) is 55.0 Å². The lowest BCUT2D eigenvalue weighted by molar-refractivity contribution is 0.402. The van der Waals surface area contributed by atoms with Gasteiger partial charge in [0, 0.05) is 13.1 Å². The molecule has 3 aromatic rings. The van der Waals surface area contributed by atoms with E-state index in [2.05, 4.69) is 46.1 Å². The first-order valence-corrected chi connectivity index (χ1v) is 9.77. The highest BCUT2D eigenvalue weighted by Crippen LogP contribution is 2.35. The summed E-state index contributed by atoms with van der Waals surface area (Å²) >= 11 is 0. The standard InChI is InChI=1S/C23H25FN4/c1-16-2-4-17(5-3-16)14-18-10-12-28(13-11-18)23-21(22(25)26-15-27-23)19-6-8-20(24)9-7-19/h2-9,15,18H,10-14H2,1H3,(H2,25,26,27). The minimum Gasteiger partial charge on any atom is -0.383 e. The van der Waals surface area contributed by atoms with Crippen molar-refractivity contribution in [1.29, 1.82) is 0 Å². The quantitative estimate of drug-likeness (QED) is 0.721. The van der Waals surface area contributed by atoms with Crippen molar-refractivity contribution in [2.75, 3.05) is 23.7 Å². The number of aryl methyl sites for hydroxylation is 1. The summed E-state index contributed by atoms with van der Waals surface area (Å²) in [4.78, 5) is 11.0. The molecule has 5 heteroatoms. The number of halogens is 1. The Morgan fingerprint density at radius 3 is 2.36 bits per heavy atom. The van der Waals surface area contributed by atoms with Crippen molar-refractivity contribution in [1.82, 2.24) is 9.97 Å². The van der Waals surface area contributed by atoms with Gasteiger partial charge in [0.25, 0.3) is 0 Å². The fourth-order valence-electron chi connectivity index (χ4n) is 3.93. The minimum absolute atomic E-state index is 0.266. The van der Waals surface area contributed by atoms with Crippen LogP contribution in [0.3, 0.4) is 0 Å². The molecule has 1 saturated heterocycles. The Morgan fingerprint density at radius 1 is 1.00 bits per heavy atom. The first-order chi connectivity index (χ1) is 13.6. The van der Waals surface area contributed by atoms with Gasteiger partial charge in [-0.2, -0.15) is 0 Å². The van der Waals surface area contributed by atoms with Crippen LogP contribution in [-0.4, -0.2) is 23.1 Å². The number of rotatable bonds is 4. The van der Waals surface area contributed by atoms with E-state index in [1.54, 1.807) is 12.1 Å². The van der Waals surface area contributed by atoms with Crippen LogP contribution in [0.1, 0.15) is 24.0 Å². The van der Waals surface area contributed by atoms with E-state index in [1.807, 2.05) is 0 Å². The van der Waals surface area contributed by atoms with Crippen molar-refractivity contribution in [2.45, 2.75) is 26.2 Å². The van der Waals surface area contributed by atoms with E-state index >= 15 is 0 Å². The molecular formula is C23H25FN4. The molecule has 2 N–H and O–H groups in total. The monoisotopic (exact) mass is 376 g/mol. The van der Waals surface area contributed by atoms with Crippen LogP contribution in [-0.2, 0) is 6.42 Å². The Labute approximate surface area is 165 Å². The fourth-order valence-corrected chi connectivity index (χ4v) is 3.93. The number of piperidine rings is 1. The van der Waals surface area contributed by atoms with Crippen LogP contribution >= 0.6 is 0 Å². The molecule has 1 aliphatic rings. The van der Waals surface area contributed by atoms with E-state index in [9.17, 15) is 4.39 Å². The number of nitrogens with two attached hydrogens (primary N) is 1. The van der Waals surface area contributed by atoms with E-state index in [1.165, 1.54) is 29.6 Å². The number of aromatic nitrogens is 2. The van der Waals surface area contributed by atoms with Gasteiger partial charge in [-0.15, -0.1) is 0 Å². The van der Waals surface area contributed by atoms with Crippen molar-refractivity contribution in [2.24, 2.45) is 5.92 Å². The molecule has 1 fully saturated rings. The summed E-state index contributed by atoms with van der Waals surface area (Å²) in [5, 5.41) is 0. The van der Waals surface area contributed by atoms with Crippen molar-refractivity contribution in [3.63, 3.8) is 0 Å². The third-order valence-corrected chi connectivity index (χ3v) is 5.55. The maximum Gasteiger partial charge on any atom is 0.142 e. The summed E-state index contributed by atoms with van der Waals surface area (Å²) in [5.74, 6) is 1.68. The summed E-state index contributed by atoms with van der Waals surface area (Å²) in [5.41, 5.74) is 10.5. The van der Waals surface area contributed by atoms with Gasteiger partial charge in [0.2, 0.25) is 0 Å². The van der Waals surface area contributed by atoms with Gasteiger partial charge in [0.1, 0.15) is 23.8 Å². The molecule has 2 aromatic carbocycles. The molecule has 0 bridgehead atoms. The van der Waals surface area contributed by atoms with Crippen LogP contribution in [0.25, 0.3) is 11.1 Å². The van der Waals surface area contributed by atoms with E-state index in [4.69, 9.17) is 5.73 Å². The molecule has 0 aliphatic carbocycles. The van der Waals surface area contributed by atoms with Gasteiger partial charge < -0.3 is 10.6 Å². The summed E-state index contributed by atoms with van der Waals surface area (Å²) in [6.07, 6.45) is 4.85. The predicted octanol–water partition coefficient (Wildman–Crippen LogP) is 4.63. The second-order valence-electron chi connectivity index (χ2n) is 7.58. The Kier molecular flexibility index (Phi) is 5.24. The molecule has 0 atom stereocenters. The molecule has 2 heterocycles. The molecule has 1 aliphatic heterocycles. The van der Waals surface area contributed by atoms with Crippen molar-refractivity contribution < 1.29 is 4.39 Å². The lowest BCUT2D eigenvalue weighted by Crippen LogP contribution is -2.35. The first kappa shape index (κ1) is 18.4. The molecule has 0 radical (unpaired) electrons. The summed E-state index contributed by atoms with van der Waals surface area (Å²) in [6, 6.07) is 15.2. The van der Waals surface area contributed by atoms with Crippen molar-refractivity contribution in [3.8, 4) is 11.1 Å². The molecule has 28 heavy (non-hydrogen) atoms. The van der Waals surface area contributed by atoms with Gasteiger partial charge >= 0.3 is 0 Å². The fraction of sp³-hybridized carbons (Fsp3) is 0.304. The third-order valence-electron chi connectivity index (χ3n) is 5.55. The molecule has 0 unspecified atom stereocenters. The van der Waals surface area contributed by atoms with E-state index in [0.29, 0.717) is 11.7 Å². The SMILES string of the molecule is Cc1ccc(CC2CCN(c3ncnc(N)c3-c3ccc(F)cc3)CC2)cc1. The molecular weight excluding hydrogens is 351 g/mol. The lowest BCUT2D eigenvalue weighted by Gasteiger charge is -2.34. The number of nitrogens with zero attached hydrogens (tertiary/aromatic N) is 3. The molecule has 0 spiro atoms. The highest BCUT2D eigenvalue weighted by Gasteiger charge is 2.24. The van der Waals surface area contributed by atoms with Crippen LogP contribution in [0.2, 0.25) is 0 Å². The Bertz CT molecular complexity index is 930. The third kappa shape index (κ3) is 3.98. The normalized spacial score (nSPS) is 15.0. The summed E-state index contributed by atoms with van der Waals surface area (Å²) in [7, 11) is 0. The van der Waals surface area contributed by atoms with E-state index < -0.39 is 0 Å². The minimum atomic E-state index is -0.266. The molecule has 4 nitrogen and oxygen atoms in total. The zero-order valence-corrected chi connectivity index (χ0v) is 16.1. The molecule has 144 valence electrons. The number of hydrogen-bond acceptors (Lipinski definition) is 4. The maximum absolute atomic E-state index is 13.3. The Morgan fingerprint density at radius 2 is 1.68 bits per heavy atom. The van der Waals surface area contributed by atoms with Crippen molar-refractivity contribution >= 4 is 11.6 Å². The zero-order chi connectivity index (χ0) is 19.5.